The third kappa shape index (κ3) is 3.78. The van der Waals surface area contributed by atoms with Gasteiger partial charge in [0.2, 0.25) is 0 Å². The van der Waals surface area contributed by atoms with Gasteiger partial charge in [0.05, 0.1) is 11.6 Å². The van der Waals surface area contributed by atoms with Gasteiger partial charge in [-0.15, -0.1) is 0 Å². The van der Waals surface area contributed by atoms with Crippen LogP contribution < -0.4 is 0 Å². The Morgan fingerprint density at radius 2 is 2.24 bits per heavy atom. The van der Waals surface area contributed by atoms with Crippen LogP contribution in [0.25, 0.3) is 0 Å². The molecule has 1 aromatic rings. The summed E-state index contributed by atoms with van der Waals surface area (Å²) in [6, 6.07) is 3.71. The molecule has 0 aromatic carbocycles. The minimum Gasteiger partial charge on any atom is -0.459 e. The van der Waals surface area contributed by atoms with Gasteiger partial charge in [0.15, 0.2) is 0 Å². The molecular formula is C12H14BrNO3. The molecule has 0 atom stereocenters. The number of carbonyl (C=O) groups is 1. The number of hydrogen-bond acceptors (Lipinski definition) is 4. The topological polar surface area (TPSA) is 48.4 Å². The highest BCUT2D eigenvalue weighted by atomic mass is 79.9. The van der Waals surface area contributed by atoms with Crippen LogP contribution in [0.15, 0.2) is 22.8 Å². The van der Waals surface area contributed by atoms with Crippen LogP contribution in [0, 0.1) is 5.92 Å². The number of hydrogen-bond donors (Lipinski definition) is 0. The lowest BCUT2D eigenvalue weighted by molar-refractivity contribution is -0.153. The molecular weight excluding hydrogens is 286 g/mol. The lowest BCUT2D eigenvalue weighted by Crippen LogP contribution is -2.25. The molecule has 0 aliphatic carbocycles. The van der Waals surface area contributed by atoms with Crippen molar-refractivity contribution < 1.29 is 14.3 Å². The molecule has 0 N–H and O–H groups in total. The van der Waals surface area contributed by atoms with Crippen LogP contribution >= 0.6 is 15.9 Å². The molecule has 2 heterocycles. The minimum atomic E-state index is -0.141. The first-order valence-electron chi connectivity index (χ1n) is 5.60. The van der Waals surface area contributed by atoms with Gasteiger partial charge in [-0.05, 0) is 40.9 Å². The van der Waals surface area contributed by atoms with Gasteiger partial charge in [0.1, 0.15) is 6.61 Å². The average molecular weight is 300 g/mol. The van der Waals surface area contributed by atoms with Crippen LogP contribution in [0.2, 0.25) is 0 Å². The maximum Gasteiger partial charge on any atom is 0.309 e. The van der Waals surface area contributed by atoms with Crippen molar-refractivity contribution in [2.45, 2.75) is 19.4 Å². The van der Waals surface area contributed by atoms with Crippen LogP contribution in [0.5, 0.6) is 0 Å². The summed E-state index contributed by atoms with van der Waals surface area (Å²) in [5.41, 5.74) is 0.758. The van der Waals surface area contributed by atoms with Crippen LogP contribution in [-0.4, -0.2) is 24.2 Å². The van der Waals surface area contributed by atoms with E-state index >= 15 is 0 Å². The van der Waals surface area contributed by atoms with Crippen molar-refractivity contribution in [3.05, 3.63) is 28.5 Å². The molecule has 1 aliphatic rings. The summed E-state index contributed by atoms with van der Waals surface area (Å²) in [6.07, 6.45) is 3.21. The van der Waals surface area contributed by atoms with Crippen molar-refractivity contribution in [3.63, 3.8) is 0 Å². The van der Waals surface area contributed by atoms with Gasteiger partial charge in [0.25, 0.3) is 0 Å². The number of ether oxygens (including phenoxy) is 2. The number of rotatable bonds is 3. The number of nitrogens with zero attached hydrogens (tertiary/aromatic N) is 1. The molecule has 1 aromatic heterocycles. The smallest absolute Gasteiger partial charge is 0.309 e. The Morgan fingerprint density at radius 3 is 2.88 bits per heavy atom. The fourth-order valence-electron chi connectivity index (χ4n) is 1.69. The molecule has 0 unspecified atom stereocenters. The predicted octanol–water partition coefficient (Wildman–Crippen LogP) is 2.31. The highest BCUT2D eigenvalue weighted by Crippen LogP contribution is 2.17. The van der Waals surface area contributed by atoms with E-state index in [1.54, 1.807) is 6.20 Å². The first-order valence-corrected chi connectivity index (χ1v) is 6.40. The van der Waals surface area contributed by atoms with Gasteiger partial charge in [-0.25, -0.2) is 0 Å². The van der Waals surface area contributed by atoms with Crippen molar-refractivity contribution in [3.8, 4) is 0 Å². The summed E-state index contributed by atoms with van der Waals surface area (Å²) in [5, 5.41) is 0. The lowest BCUT2D eigenvalue weighted by Gasteiger charge is -2.20. The minimum absolute atomic E-state index is 0.0146. The third-order valence-corrected chi connectivity index (χ3v) is 3.17. The van der Waals surface area contributed by atoms with Crippen molar-refractivity contribution in [1.29, 1.82) is 0 Å². The van der Waals surface area contributed by atoms with Gasteiger partial charge in [0, 0.05) is 23.9 Å². The summed E-state index contributed by atoms with van der Waals surface area (Å²) in [5.74, 6) is -0.155. The summed E-state index contributed by atoms with van der Waals surface area (Å²) >= 11 is 3.30. The maximum atomic E-state index is 11.7. The van der Waals surface area contributed by atoms with Gasteiger partial charge in [-0.3, -0.25) is 9.78 Å². The first-order chi connectivity index (χ1) is 8.25. The number of pyridine rings is 1. The van der Waals surface area contributed by atoms with Crippen molar-refractivity contribution in [1.82, 2.24) is 4.98 Å². The molecule has 1 aliphatic heterocycles. The van der Waals surface area contributed by atoms with Crippen molar-refractivity contribution in [2.24, 2.45) is 5.92 Å². The van der Waals surface area contributed by atoms with E-state index in [4.69, 9.17) is 9.47 Å². The fourth-order valence-corrected chi connectivity index (χ4v) is 1.92. The molecule has 1 saturated heterocycles. The second kappa shape index (κ2) is 6.12. The monoisotopic (exact) mass is 299 g/mol. The molecule has 5 heteroatoms. The zero-order valence-electron chi connectivity index (χ0n) is 9.39. The summed E-state index contributed by atoms with van der Waals surface area (Å²) in [6.45, 7) is 1.54. The van der Waals surface area contributed by atoms with Gasteiger partial charge in [-0.1, -0.05) is 0 Å². The molecule has 92 valence electrons. The van der Waals surface area contributed by atoms with Crippen LogP contribution in [0.4, 0.5) is 0 Å². The Morgan fingerprint density at radius 1 is 1.47 bits per heavy atom. The van der Waals surface area contributed by atoms with E-state index in [-0.39, 0.29) is 18.5 Å². The SMILES string of the molecule is O=C(OCc1ccc(Br)cn1)C1CCOCC1. The van der Waals surface area contributed by atoms with Gasteiger partial charge < -0.3 is 9.47 Å². The quantitative estimate of drug-likeness (QED) is 0.804. The van der Waals surface area contributed by atoms with E-state index in [0.29, 0.717) is 13.2 Å². The average Bonchev–Trinajstić information content (AvgIpc) is 2.39. The number of aromatic nitrogens is 1. The molecule has 0 radical (unpaired) electrons. The lowest BCUT2D eigenvalue weighted by atomic mass is 10.0. The zero-order valence-corrected chi connectivity index (χ0v) is 11.0. The Bertz CT molecular complexity index is 374. The van der Waals surface area contributed by atoms with E-state index in [1.807, 2.05) is 12.1 Å². The van der Waals surface area contributed by atoms with Crippen LogP contribution in [-0.2, 0) is 20.9 Å². The number of carbonyl (C=O) groups excluding carboxylic acids is 1. The second-order valence-corrected chi connectivity index (χ2v) is 4.88. The number of halogens is 1. The largest absolute Gasteiger partial charge is 0.459 e. The Hall–Kier alpha value is -0.940. The van der Waals surface area contributed by atoms with Gasteiger partial charge in [-0.2, -0.15) is 0 Å². The second-order valence-electron chi connectivity index (χ2n) is 3.96. The van der Waals surface area contributed by atoms with E-state index in [2.05, 4.69) is 20.9 Å². The maximum absolute atomic E-state index is 11.7. The highest BCUT2D eigenvalue weighted by Gasteiger charge is 2.22. The molecule has 0 saturated carbocycles. The van der Waals surface area contributed by atoms with Crippen molar-refractivity contribution in [2.75, 3.05) is 13.2 Å². The molecule has 1 fully saturated rings. The standard InChI is InChI=1S/C12H14BrNO3/c13-10-1-2-11(14-7-10)8-17-12(15)9-3-5-16-6-4-9/h1-2,7,9H,3-6,8H2. The van der Waals surface area contributed by atoms with E-state index in [0.717, 1.165) is 23.0 Å². The summed E-state index contributed by atoms with van der Waals surface area (Å²) < 4.78 is 11.3. The van der Waals surface area contributed by atoms with E-state index in [9.17, 15) is 4.79 Å². The Labute approximate surface area is 108 Å². The van der Waals surface area contributed by atoms with E-state index < -0.39 is 0 Å². The molecule has 0 bridgehead atoms. The molecule has 17 heavy (non-hydrogen) atoms. The predicted molar refractivity (Wildman–Crippen MR) is 65.3 cm³/mol. The van der Waals surface area contributed by atoms with E-state index in [1.165, 1.54) is 0 Å². The van der Waals surface area contributed by atoms with Crippen molar-refractivity contribution >= 4 is 21.9 Å². The Balaban J connectivity index is 1.81. The molecule has 0 amide bonds. The van der Waals surface area contributed by atoms with Crippen LogP contribution in [0.3, 0.4) is 0 Å². The molecule has 4 nitrogen and oxygen atoms in total. The zero-order chi connectivity index (χ0) is 12.1. The Kier molecular flexibility index (Phi) is 4.50. The first kappa shape index (κ1) is 12.5. The molecule has 0 spiro atoms. The number of esters is 1. The summed E-state index contributed by atoms with van der Waals surface area (Å²) in [4.78, 5) is 15.9. The fraction of sp³-hybridized carbons (Fsp3) is 0.500. The normalized spacial score (nSPS) is 16.8. The van der Waals surface area contributed by atoms with Gasteiger partial charge >= 0.3 is 5.97 Å². The highest BCUT2D eigenvalue weighted by molar-refractivity contribution is 9.10. The molecule has 2 rings (SSSR count). The summed E-state index contributed by atoms with van der Waals surface area (Å²) in [7, 11) is 0. The third-order valence-electron chi connectivity index (χ3n) is 2.71. The van der Waals surface area contributed by atoms with Crippen LogP contribution in [0.1, 0.15) is 18.5 Å².